The first-order valence-electron chi connectivity index (χ1n) is 7.05. The number of amides is 3. The van der Waals surface area contributed by atoms with Crippen molar-refractivity contribution in [2.75, 3.05) is 13.2 Å². The molecule has 0 radical (unpaired) electrons. The molecule has 0 aromatic rings. The van der Waals surface area contributed by atoms with E-state index in [9.17, 15) is 9.59 Å². The lowest BCUT2D eigenvalue weighted by molar-refractivity contribution is -0.122. The van der Waals surface area contributed by atoms with Crippen LogP contribution in [0.5, 0.6) is 0 Å². The average Bonchev–Trinajstić information content (AvgIpc) is 2.39. The monoisotopic (exact) mass is 271 g/mol. The SMILES string of the molecule is NC(=O)NCCCCC(=O)N[C@H]1CC[C@@H](CO)CC1. The van der Waals surface area contributed by atoms with E-state index >= 15 is 0 Å². The molecule has 19 heavy (non-hydrogen) atoms. The molecule has 0 aromatic heterocycles. The number of unbranched alkanes of at least 4 members (excludes halogenated alkanes) is 1. The van der Waals surface area contributed by atoms with Crippen LogP contribution in [0.15, 0.2) is 0 Å². The van der Waals surface area contributed by atoms with Crippen molar-refractivity contribution in [1.29, 1.82) is 0 Å². The van der Waals surface area contributed by atoms with E-state index in [1.807, 2.05) is 0 Å². The standard InChI is InChI=1S/C13H25N3O3/c14-13(19)15-8-2-1-3-12(18)16-11-6-4-10(9-17)5-7-11/h10-11,17H,1-9H2,(H,16,18)(H3,14,15,19)/t10-,11+. The van der Waals surface area contributed by atoms with E-state index in [2.05, 4.69) is 10.6 Å². The lowest BCUT2D eigenvalue weighted by Crippen LogP contribution is -2.38. The normalized spacial score (nSPS) is 22.8. The molecule has 0 spiro atoms. The summed E-state index contributed by atoms with van der Waals surface area (Å²) in [4.78, 5) is 22.1. The summed E-state index contributed by atoms with van der Waals surface area (Å²) in [5, 5.41) is 14.6. The number of hydrogen-bond acceptors (Lipinski definition) is 3. The molecule has 6 nitrogen and oxygen atoms in total. The largest absolute Gasteiger partial charge is 0.396 e. The molecule has 0 heterocycles. The Morgan fingerprint density at radius 3 is 2.42 bits per heavy atom. The van der Waals surface area contributed by atoms with Gasteiger partial charge < -0.3 is 21.5 Å². The van der Waals surface area contributed by atoms with Gasteiger partial charge in [-0.05, 0) is 44.4 Å². The van der Waals surface area contributed by atoms with Crippen molar-refractivity contribution in [3.05, 3.63) is 0 Å². The van der Waals surface area contributed by atoms with Crippen LogP contribution in [0.3, 0.4) is 0 Å². The molecule has 1 aliphatic carbocycles. The summed E-state index contributed by atoms with van der Waals surface area (Å²) in [5.41, 5.74) is 4.93. The number of carbonyl (C=O) groups is 2. The van der Waals surface area contributed by atoms with Gasteiger partial charge >= 0.3 is 6.03 Å². The zero-order valence-corrected chi connectivity index (χ0v) is 11.4. The van der Waals surface area contributed by atoms with Crippen LogP contribution in [-0.4, -0.2) is 36.2 Å². The highest BCUT2D eigenvalue weighted by atomic mass is 16.3. The maximum Gasteiger partial charge on any atom is 0.312 e. The van der Waals surface area contributed by atoms with Gasteiger partial charge in [-0.15, -0.1) is 0 Å². The fourth-order valence-electron chi connectivity index (χ4n) is 2.41. The van der Waals surface area contributed by atoms with Crippen LogP contribution in [0, 0.1) is 5.92 Å². The van der Waals surface area contributed by atoms with Gasteiger partial charge in [0, 0.05) is 25.6 Å². The first-order chi connectivity index (χ1) is 9.11. The lowest BCUT2D eigenvalue weighted by atomic mass is 9.86. The van der Waals surface area contributed by atoms with Crippen LogP contribution in [0.1, 0.15) is 44.9 Å². The van der Waals surface area contributed by atoms with E-state index in [-0.39, 0.29) is 18.6 Å². The van der Waals surface area contributed by atoms with Crippen LogP contribution in [-0.2, 0) is 4.79 Å². The Hall–Kier alpha value is -1.30. The highest BCUT2D eigenvalue weighted by Crippen LogP contribution is 2.23. The van der Waals surface area contributed by atoms with Crippen LogP contribution in [0.4, 0.5) is 4.79 Å². The van der Waals surface area contributed by atoms with Crippen LogP contribution >= 0.6 is 0 Å². The van der Waals surface area contributed by atoms with Gasteiger partial charge in [0.05, 0.1) is 0 Å². The molecule has 6 heteroatoms. The Morgan fingerprint density at radius 1 is 1.16 bits per heavy atom. The van der Waals surface area contributed by atoms with Crippen molar-refractivity contribution in [2.45, 2.75) is 51.0 Å². The third-order valence-electron chi connectivity index (χ3n) is 3.60. The van der Waals surface area contributed by atoms with Crippen molar-refractivity contribution in [3.8, 4) is 0 Å². The number of urea groups is 1. The Kier molecular flexibility index (Phi) is 7.25. The predicted molar refractivity (Wildman–Crippen MR) is 72.4 cm³/mol. The Labute approximate surface area is 114 Å². The third kappa shape index (κ3) is 7.00. The minimum atomic E-state index is -0.523. The van der Waals surface area contributed by atoms with Gasteiger partial charge in [0.2, 0.25) is 5.91 Å². The summed E-state index contributed by atoms with van der Waals surface area (Å²) in [5.74, 6) is 0.486. The predicted octanol–water partition coefficient (Wildman–Crippen LogP) is 0.492. The van der Waals surface area contributed by atoms with Gasteiger partial charge in [-0.2, -0.15) is 0 Å². The molecule has 1 rings (SSSR count). The zero-order valence-electron chi connectivity index (χ0n) is 11.4. The number of primary amides is 1. The van der Waals surface area contributed by atoms with Crippen molar-refractivity contribution in [1.82, 2.24) is 10.6 Å². The van der Waals surface area contributed by atoms with E-state index in [4.69, 9.17) is 10.8 Å². The highest BCUT2D eigenvalue weighted by Gasteiger charge is 2.21. The third-order valence-corrected chi connectivity index (χ3v) is 3.60. The first-order valence-corrected chi connectivity index (χ1v) is 7.05. The smallest absolute Gasteiger partial charge is 0.312 e. The molecule has 3 amide bonds. The first kappa shape index (κ1) is 15.8. The highest BCUT2D eigenvalue weighted by molar-refractivity contribution is 5.76. The van der Waals surface area contributed by atoms with E-state index in [1.165, 1.54) is 0 Å². The number of aliphatic hydroxyl groups excluding tert-OH is 1. The number of nitrogens with one attached hydrogen (secondary N) is 2. The molecule has 0 saturated heterocycles. The molecule has 0 bridgehead atoms. The second-order valence-electron chi connectivity index (χ2n) is 5.22. The zero-order chi connectivity index (χ0) is 14.1. The maximum absolute atomic E-state index is 11.7. The van der Waals surface area contributed by atoms with Crippen molar-refractivity contribution < 1.29 is 14.7 Å². The molecular weight excluding hydrogens is 246 g/mol. The summed E-state index contributed by atoms with van der Waals surface area (Å²) >= 11 is 0. The van der Waals surface area contributed by atoms with Gasteiger partial charge in [-0.25, -0.2) is 4.79 Å². The Morgan fingerprint density at radius 2 is 1.84 bits per heavy atom. The number of hydrogen-bond donors (Lipinski definition) is 4. The van der Waals surface area contributed by atoms with Crippen LogP contribution in [0.2, 0.25) is 0 Å². The molecule has 1 saturated carbocycles. The summed E-state index contributed by atoms with van der Waals surface area (Å²) in [6, 6.07) is -0.260. The second-order valence-corrected chi connectivity index (χ2v) is 5.22. The van der Waals surface area contributed by atoms with E-state index in [0.717, 1.165) is 38.5 Å². The van der Waals surface area contributed by atoms with E-state index < -0.39 is 6.03 Å². The van der Waals surface area contributed by atoms with Crippen LogP contribution < -0.4 is 16.4 Å². The van der Waals surface area contributed by atoms with Gasteiger partial charge in [0.25, 0.3) is 0 Å². The summed E-state index contributed by atoms with van der Waals surface area (Å²) in [6.45, 7) is 0.776. The van der Waals surface area contributed by atoms with Gasteiger partial charge in [-0.3, -0.25) is 4.79 Å². The van der Waals surface area contributed by atoms with Gasteiger partial charge in [-0.1, -0.05) is 0 Å². The van der Waals surface area contributed by atoms with Crippen molar-refractivity contribution in [3.63, 3.8) is 0 Å². The Bertz CT molecular complexity index is 289. The molecule has 1 aliphatic rings. The summed E-state index contributed by atoms with van der Waals surface area (Å²) < 4.78 is 0. The number of aliphatic hydroxyl groups is 1. The fraction of sp³-hybridized carbons (Fsp3) is 0.846. The van der Waals surface area contributed by atoms with E-state index in [1.54, 1.807) is 0 Å². The molecule has 0 unspecified atom stereocenters. The Balaban J connectivity index is 2.03. The quantitative estimate of drug-likeness (QED) is 0.506. The fourth-order valence-corrected chi connectivity index (χ4v) is 2.41. The number of carbonyl (C=O) groups excluding carboxylic acids is 2. The van der Waals surface area contributed by atoms with Gasteiger partial charge in [0.15, 0.2) is 0 Å². The molecule has 5 N–H and O–H groups in total. The lowest BCUT2D eigenvalue weighted by Gasteiger charge is -2.27. The molecule has 1 fully saturated rings. The minimum absolute atomic E-state index is 0.0755. The average molecular weight is 271 g/mol. The number of nitrogens with two attached hydrogens (primary N) is 1. The van der Waals surface area contributed by atoms with Crippen LogP contribution in [0.25, 0.3) is 0 Å². The second kappa shape index (κ2) is 8.74. The van der Waals surface area contributed by atoms with Crippen molar-refractivity contribution in [2.24, 2.45) is 11.7 Å². The van der Waals surface area contributed by atoms with Crippen molar-refractivity contribution >= 4 is 11.9 Å². The summed E-state index contributed by atoms with van der Waals surface area (Å²) in [6.07, 6.45) is 5.89. The maximum atomic E-state index is 11.7. The topological polar surface area (TPSA) is 104 Å². The molecule has 0 aliphatic heterocycles. The molecule has 110 valence electrons. The molecule has 0 atom stereocenters. The summed E-state index contributed by atoms with van der Waals surface area (Å²) in [7, 11) is 0. The molecule has 0 aromatic carbocycles. The molecular formula is C13H25N3O3. The number of rotatable bonds is 7. The minimum Gasteiger partial charge on any atom is -0.396 e. The van der Waals surface area contributed by atoms with Gasteiger partial charge in [0.1, 0.15) is 0 Å². The van der Waals surface area contributed by atoms with E-state index in [0.29, 0.717) is 18.9 Å².